The second-order valence-corrected chi connectivity index (χ2v) is 13.1. The fraction of sp³-hybridized carbons (Fsp3) is 0.833. The number of likely N-dealkylation sites (tertiary alicyclic amines) is 2. The molecule has 0 saturated carbocycles. The number of halogens is 1. The van der Waals surface area contributed by atoms with Gasteiger partial charge < -0.3 is 71.3 Å². The molecule has 3 saturated heterocycles. The Labute approximate surface area is 325 Å². The number of nitrogens with zero attached hydrogens (tertiary/aromatic N) is 2. The summed E-state index contributed by atoms with van der Waals surface area (Å²) in [6, 6.07) is 0. The number of carboxylic acid groups (broad SMARTS) is 1. The Morgan fingerprint density at radius 3 is 1.28 bits per heavy atom. The van der Waals surface area contributed by atoms with E-state index < -0.39 is 52.1 Å². The van der Waals surface area contributed by atoms with Gasteiger partial charge in [0.05, 0.1) is 27.3 Å². The van der Waals surface area contributed by atoms with Crippen LogP contribution in [0.15, 0.2) is 0 Å². The molecule has 0 unspecified atom stereocenters. The molecular formula is C30H54ClLi2N3O14. The summed E-state index contributed by atoms with van der Waals surface area (Å²) in [6.07, 6.45) is 0.437. The van der Waals surface area contributed by atoms with Gasteiger partial charge in [0.1, 0.15) is 11.2 Å². The van der Waals surface area contributed by atoms with Crippen molar-refractivity contribution in [2.24, 2.45) is 0 Å². The van der Waals surface area contributed by atoms with Crippen molar-refractivity contribution < 1.29 is 118 Å². The van der Waals surface area contributed by atoms with Gasteiger partial charge in [0.25, 0.3) is 0 Å². The van der Waals surface area contributed by atoms with E-state index in [1.807, 2.05) is 0 Å². The zero-order valence-corrected chi connectivity index (χ0v) is 32.7. The van der Waals surface area contributed by atoms with E-state index in [2.05, 4.69) is 10.1 Å². The van der Waals surface area contributed by atoms with Crippen molar-refractivity contribution in [1.82, 2.24) is 15.1 Å². The third-order valence-corrected chi connectivity index (χ3v) is 7.56. The molecule has 0 radical (unpaired) electrons. The summed E-state index contributed by atoms with van der Waals surface area (Å²) >= 11 is 0. The van der Waals surface area contributed by atoms with Gasteiger partial charge in [0, 0.05) is 60.2 Å². The number of methoxy groups -OCH3 is 5. The monoisotopic (exact) mass is 729 g/mol. The van der Waals surface area contributed by atoms with Crippen molar-refractivity contribution in [3.05, 3.63) is 0 Å². The van der Waals surface area contributed by atoms with E-state index >= 15 is 0 Å². The van der Waals surface area contributed by atoms with Crippen molar-refractivity contribution >= 4 is 30.1 Å². The van der Waals surface area contributed by atoms with Gasteiger partial charge in [-0.25, -0.2) is 24.0 Å². The number of carbonyl (C=O) groups excluding carboxylic acids is 4. The fourth-order valence-corrected chi connectivity index (χ4v) is 4.85. The Morgan fingerprint density at radius 2 is 1.00 bits per heavy atom. The van der Waals surface area contributed by atoms with E-state index in [1.165, 1.54) is 45.3 Å². The summed E-state index contributed by atoms with van der Waals surface area (Å²) in [5, 5.41) is 12.1. The number of hydrogen-bond donors (Lipinski definition) is 2. The first-order valence-electron chi connectivity index (χ1n) is 14.9. The van der Waals surface area contributed by atoms with Crippen LogP contribution in [-0.4, -0.2) is 153 Å². The molecule has 3 N–H and O–H groups in total. The van der Waals surface area contributed by atoms with Crippen LogP contribution >= 0.6 is 0 Å². The molecule has 3 heterocycles. The molecule has 3 aliphatic rings. The summed E-state index contributed by atoms with van der Waals surface area (Å²) in [7, 11) is 6.99. The largest absolute Gasteiger partial charge is 1.00 e. The van der Waals surface area contributed by atoms with Gasteiger partial charge in [-0.2, -0.15) is 0 Å². The Morgan fingerprint density at radius 1 is 0.640 bits per heavy atom. The minimum Gasteiger partial charge on any atom is -1.00 e. The predicted molar refractivity (Wildman–Crippen MR) is 165 cm³/mol. The predicted octanol–water partition coefficient (Wildman–Crippen LogP) is -7.34. The van der Waals surface area contributed by atoms with Crippen molar-refractivity contribution in [2.45, 2.75) is 88.8 Å². The number of carboxylic acids is 1. The Balaban J connectivity index is -0.000000313. The van der Waals surface area contributed by atoms with Crippen LogP contribution in [-0.2, 0) is 47.5 Å². The molecule has 2 amide bonds. The van der Waals surface area contributed by atoms with Crippen LogP contribution < -0.4 is 55.4 Å². The molecule has 0 aromatic carbocycles. The van der Waals surface area contributed by atoms with Crippen LogP contribution in [0.25, 0.3) is 0 Å². The van der Waals surface area contributed by atoms with Gasteiger partial charge in [-0.15, -0.1) is 0 Å². The molecule has 3 aliphatic heterocycles. The minimum absolute atomic E-state index is 0. The molecule has 0 aromatic heterocycles. The van der Waals surface area contributed by atoms with Crippen LogP contribution in [0.1, 0.15) is 60.8 Å². The maximum Gasteiger partial charge on any atom is 1.00 e. The minimum atomic E-state index is -1.29. The molecule has 3 fully saturated rings. The average Bonchev–Trinajstić information content (AvgIpc) is 3.75. The van der Waals surface area contributed by atoms with E-state index in [0.717, 1.165) is 6.54 Å². The molecule has 282 valence electrons. The molecule has 20 heteroatoms. The van der Waals surface area contributed by atoms with Gasteiger partial charge >= 0.3 is 67.8 Å². The maximum atomic E-state index is 11.9. The van der Waals surface area contributed by atoms with E-state index in [0.29, 0.717) is 32.5 Å². The third-order valence-electron chi connectivity index (χ3n) is 7.56. The first-order chi connectivity index (χ1) is 21.2. The quantitative estimate of drug-likeness (QED) is 0.147. The molecule has 50 heavy (non-hydrogen) atoms. The topological polar surface area (TPSA) is 219 Å². The van der Waals surface area contributed by atoms with Crippen molar-refractivity contribution in [3.8, 4) is 0 Å². The number of ether oxygens (including phenoxy) is 7. The molecule has 17 nitrogen and oxygen atoms in total. The second kappa shape index (κ2) is 23.0. The number of amides is 2. The molecule has 3 atom stereocenters. The van der Waals surface area contributed by atoms with Crippen molar-refractivity contribution in [3.63, 3.8) is 0 Å². The number of rotatable bonds is 6. The summed E-state index contributed by atoms with van der Waals surface area (Å²) in [6.45, 7) is 13.0. The fourth-order valence-electron chi connectivity index (χ4n) is 4.85. The smallest absolute Gasteiger partial charge is 1.00 e. The van der Waals surface area contributed by atoms with Gasteiger partial charge in [0.2, 0.25) is 0 Å². The zero-order chi connectivity index (χ0) is 35.6. The number of hydrogen-bond acceptors (Lipinski definition) is 14. The molecular weight excluding hydrogens is 676 g/mol. The first kappa shape index (κ1) is 55.0. The molecule has 0 bridgehead atoms. The zero-order valence-electron chi connectivity index (χ0n) is 31.9. The van der Waals surface area contributed by atoms with Crippen LogP contribution in [0, 0.1) is 0 Å². The number of esters is 2. The maximum absolute atomic E-state index is 11.9. The third kappa shape index (κ3) is 15.5. The van der Waals surface area contributed by atoms with E-state index in [4.69, 9.17) is 33.5 Å². The SMILES string of the molecule is COC(=O)[C@]1(OC)CCN(C(=O)OC(C)(C)C)C1.COC(=O)[C@]1(OC)CCNC1.CO[C@@]1(C(=O)O)CCN(C(=O)OC(C)(C)C)C1.[Cl-].[Li+].[Li+].[OH-]. The first-order valence-corrected chi connectivity index (χ1v) is 14.9. The van der Waals surface area contributed by atoms with Crippen LogP contribution in [0.2, 0.25) is 0 Å². The molecule has 0 aliphatic carbocycles. The van der Waals surface area contributed by atoms with E-state index in [1.54, 1.807) is 41.5 Å². The van der Waals surface area contributed by atoms with Gasteiger partial charge in [0.15, 0.2) is 16.8 Å². The summed E-state index contributed by atoms with van der Waals surface area (Å²) in [4.78, 5) is 60.4. The number of nitrogens with one attached hydrogen (secondary N) is 1. The van der Waals surface area contributed by atoms with Crippen LogP contribution in [0.5, 0.6) is 0 Å². The Kier molecular flexibility index (Phi) is 25.3. The number of aliphatic carboxylic acids is 1. The standard InChI is InChI=1S/C12H21NO5.C11H19NO5.C7H13NO3.ClH.2Li.H2O/c1-11(2,3)18-10(15)13-7-6-12(8-13,17-5)9(14)16-4;1-10(2,3)17-9(15)12-6-5-11(7-12,16-4)8(13)14;1-10-6(9)7(11-2)3-4-8-5-7;;;;/h6-8H2,1-5H3;5-7H2,1-4H3,(H,13,14);8H,3-5H2,1-2H3;1H;;;1H2/q;;;;2*+1;/p-2/t12-;11-;7-;;;;/m000..../s1. The van der Waals surface area contributed by atoms with Crippen molar-refractivity contribution in [2.75, 3.05) is 74.8 Å². The molecule has 0 aromatic rings. The van der Waals surface area contributed by atoms with Gasteiger partial charge in [-0.3, -0.25) is 0 Å². The summed E-state index contributed by atoms with van der Waals surface area (Å²) in [5.74, 6) is -1.80. The summed E-state index contributed by atoms with van der Waals surface area (Å²) < 4.78 is 35.1. The van der Waals surface area contributed by atoms with Crippen LogP contribution in [0.4, 0.5) is 9.59 Å². The van der Waals surface area contributed by atoms with Crippen LogP contribution in [0.3, 0.4) is 0 Å². The Hall–Kier alpha value is -1.77. The Bertz CT molecular complexity index is 1090. The number of carbonyl (C=O) groups is 5. The summed E-state index contributed by atoms with van der Waals surface area (Å²) in [5.41, 5.74) is -4.23. The second-order valence-electron chi connectivity index (χ2n) is 13.1. The van der Waals surface area contributed by atoms with Crippen molar-refractivity contribution in [1.29, 1.82) is 0 Å². The van der Waals surface area contributed by atoms with Gasteiger partial charge in [-0.1, -0.05) is 0 Å². The van der Waals surface area contributed by atoms with E-state index in [9.17, 15) is 24.0 Å². The van der Waals surface area contributed by atoms with Gasteiger partial charge in [-0.05, 0) is 48.1 Å². The average molecular weight is 730 g/mol. The normalized spacial score (nSPS) is 23.7. The van der Waals surface area contributed by atoms with E-state index in [-0.39, 0.29) is 81.1 Å². The molecule has 0 spiro atoms. The molecule has 3 rings (SSSR count).